The first kappa shape index (κ1) is 11.7. The van der Waals surface area contributed by atoms with Gasteiger partial charge in [0.1, 0.15) is 0 Å². The van der Waals surface area contributed by atoms with E-state index in [1.165, 1.54) is 13.2 Å². The van der Waals surface area contributed by atoms with Crippen LogP contribution in [-0.4, -0.2) is 12.0 Å². The molecule has 15 heavy (non-hydrogen) atoms. The van der Waals surface area contributed by atoms with Crippen LogP contribution in [0.15, 0.2) is 12.1 Å². The summed E-state index contributed by atoms with van der Waals surface area (Å²) in [7, 11) is 1.38. The molecule has 1 aromatic carbocycles. The highest BCUT2D eigenvalue weighted by atomic mass is 127. The van der Waals surface area contributed by atoms with Crippen LogP contribution in [0.5, 0.6) is 5.75 Å². The van der Waals surface area contributed by atoms with Crippen LogP contribution in [0.3, 0.4) is 0 Å². The summed E-state index contributed by atoms with van der Waals surface area (Å²) >= 11 is 2.02. The van der Waals surface area contributed by atoms with Crippen molar-refractivity contribution in [2.75, 3.05) is 7.11 Å². The quantitative estimate of drug-likeness (QED) is 0.487. The molecule has 0 radical (unpaired) electrons. The summed E-state index contributed by atoms with van der Waals surface area (Å²) in [5, 5.41) is 19.2. The van der Waals surface area contributed by atoms with Crippen LogP contribution >= 0.6 is 22.6 Å². The largest absolute Gasteiger partial charge is 0.490 e. The Morgan fingerprint density at radius 2 is 2.33 bits per heavy atom. The van der Waals surface area contributed by atoms with Crippen LogP contribution in [0.4, 0.5) is 5.69 Å². The van der Waals surface area contributed by atoms with Crippen LogP contribution in [0.2, 0.25) is 0 Å². The first-order valence-electron chi connectivity index (χ1n) is 3.98. The maximum absolute atomic E-state index is 10.7. The van der Waals surface area contributed by atoms with Gasteiger partial charge in [-0.05, 0) is 28.2 Å². The van der Waals surface area contributed by atoms with Crippen molar-refractivity contribution < 1.29 is 9.66 Å². The molecule has 1 rings (SSSR count). The molecular weight excluding hydrogens is 311 g/mol. The summed E-state index contributed by atoms with van der Waals surface area (Å²) in [5.74, 6) is 0.214. The summed E-state index contributed by atoms with van der Waals surface area (Å²) in [5.41, 5.74) is 0.536. The monoisotopic (exact) mass is 318 g/mol. The molecule has 0 aliphatic rings. The number of halogens is 1. The van der Waals surface area contributed by atoms with Gasteiger partial charge in [0.05, 0.1) is 24.5 Å². The van der Waals surface area contributed by atoms with Crippen molar-refractivity contribution in [3.8, 4) is 11.8 Å². The Labute approximate surface area is 99.9 Å². The lowest BCUT2D eigenvalue weighted by molar-refractivity contribution is -0.385. The number of hydrogen-bond acceptors (Lipinski definition) is 4. The highest BCUT2D eigenvalue weighted by Gasteiger charge is 2.17. The molecule has 0 aliphatic heterocycles. The van der Waals surface area contributed by atoms with Gasteiger partial charge in [0.2, 0.25) is 0 Å². The van der Waals surface area contributed by atoms with Crippen molar-refractivity contribution >= 4 is 28.3 Å². The molecule has 0 unspecified atom stereocenters. The van der Waals surface area contributed by atoms with Crippen LogP contribution in [0.1, 0.15) is 5.56 Å². The highest BCUT2D eigenvalue weighted by molar-refractivity contribution is 14.1. The Morgan fingerprint density at radius 3 is 2.80 bits per heavy atom. The topological polar surface area (TPSA) is 76.2 Å². The predicted molar refractivity (Wildman–Crippen MR) is 61.7 cm³/mol. The lowest BCUT2D eigenvalue weighted by atomic mass is 10.1. The van der Waals surface area contributed by atoms with E-state index in [1.54, 1.807) is 6.07 Å². The molecule has 0 amide bonds. The van der Waals surface area contributed by atoms with Gasteiger partial charge in [-0.15, -0.1) is 0 Å². The number of ether oxygens (including phenoxy) is 1. The van der Waals surface area contributed by atoms with Gasteiger partial charge in [-0.2, -0.15) is 5.26 Å². The zero-order valence-electron chi connectivity index (χ0n) is 7.86. The van der Waals surface area contributed by atoms with E-state index < -0.39 is 4.92 Å². The van der Waals surface area contributed by atoms with Crippen LogP contribution < -0.4 is 4.74 Å². The van der Waals surface area contributed by atoms with E-state index in [0.717, 1.165) is 3.57 Å². The minimum absolute atomic E-state index is 0.108. The first-order valence-corrected chi connectivity index (χ1v) is 5.05. The molecular formula is C9H7IN2O3. The van der Waals surface area contributed by atoms with Crippen LogP contribution in [0, 0.1) is 25.0 Å². The maximum atomic E-state index is 10.7. The number of nitro benzene ring substituents is 1. The Kier molecular flexibility index (Phi) is 3.85. The average Bonchev–Trinajstić information content (AvgIpc) is 2.20. The van der Waals surface area contributed by atoms with E-state index in [9.17, 15) is 10.1 Å². The number of nitro groups is 1. The van der Waals surface area contributed by atoms with Gasteiger partial charge in [-0.25, -0.2) is 0 Å². The minimum atomic E-state index is -0.518. The molecule has 0 atom stereocenters. The van der Waals surface area contributed by atoms with Gasteiger partial charge in [0.15, 0.2) is 5.75 Å². The van der Waals surface area contributed by atoms with Gasteiger partial charge in [-0.3, -0.25) is 10.1 Å². The normalized spacial score (nSPS) is 9.40. The fraction of sp³-hybridized carbons (Fsp3) is 0.222. The summed E-state index contributed by atoms with van der Waals surface area (Å²) in [6, 6.07) is 4.90. The van der Waals surface area contributed by atoms with Crippen LogP contribution in [-0.2, 0) is 6.42 Å². The zero-order chi connectivity index (χ0) is 11.4. The number of nitrogens with zero attached hydrogens (tertiary/aromatic N) is 2. The molecule has 0 bridgehead atoms. The molecule has 0 heterocycles. The second-order valence-electron chi connectivity index (χ2n) is 2.71. The second-order valence-corrected chi connectivity index (χ2v) is 3.87. The number of nitriles is 1. The van der Waals surface area contributed by atoms with Gasteiger partial charge in [-0.1, -0.05) is 0 Å². The standard InChI is InChI=1S/C9H7IN2O3/c1-15-9-5-7(10)6(2-3-11)4-8(9)12(13)14/h4-5H,2H2,1H3. The Balaban J connectivity index is 3.31. The molecule has 0 aliphatic carbocycles. The van der Waals surface area contributed by atoms with Gasteiger partial charge < -0.3 is 4.74 Å². The number of hydrogen-bond donors (Lipinski definition) is 0. The van der Waals surface area contributed by atoms with E-state index in [1.807, 2.05) is 28.7 Å². The van der Waals surface area contributed by atoms with Crippen molar-refractivity contribution in [1.29, 1.82) is 5.26 Å². The predicted octanol–water partition coefficient (Wildman–Crippen LogP) is 2.27. The smallest absolute Gasteiger partial charge is 0.311 e. The number of methoxy groups -OCH3 is 1. The zero-order valence-corrected chi connectivity index (χ0v) is 10.0. The lowest BCUT2D eigenvalue weighted by Crippen LogP contribution is -1.97. The Hall–Kier alpha value is -1.36. The SMILES string of the molecule is COc1cc(I)c(CC#N)cc1[N+](=O)[O-]. The number of benzene rings is 1. The van der Waals surface area contributed by atoms with Gasteiger partial charge in [0, 0.05) is 15.7 Å². The maximum Gasteiger partial charge on any atom is 0.311 e. The lowest BCUT2D eigenvalue weighted by Gasteiger charge is -2.05. The molecule has 0 spiro atoms. The van der Waals surface area contributed by atoms with Gasteiger partial charge in [0.25, 0.3) is 0 Å². The molecule has 78 valence electrons. The summed E-state index contributed by atoms with van der Waals surface area (Å²) < 4.78 is 5.68. The molecule has 0 N–H and O–H groups in total. The van der Waals surface area contributed by atoms with E-state index in [0.29, 0.717) is 5.56 Å². The molecule has 0 saturated heterocycles. The van der Waals surface area contributed by atoms with E-state index in [2.05, 4.69) is 0 Å². The van der Waals surface area contributed by atoms with Crippen molar-refractivity contribution in [3.63, 3.8) is 0 Å². The molecule has 5 nitrogen and oxygen atoms in total. The third kappa shape index (κ3) is 2.56. The fourth-order valence-electron chi connectivity index (χ4n) is 1.11. The molecule has 6 heteroatoms. The Morgan fingerprint density at radius 1 is 1.67 bits per heavy atom. The van der Waals surface area contributed by atoms with Gasteiger partial charge >= 0.3 is 5.69 Å². The van der Waals surface area contributed by atoms with E-state index >= 15 is 0 Å². The van der Waals surface area contributed by atoms with Crippen molar-refractivity contribution in [2.45, 2.75) is 6.42 Å². The third-order valence-electron chi connectivity index (χ3n) is 1.81. The van der Waals surface area contributed by atoms with Crippen molar-refractivity contribution in [2.24, 2.45) is 0 Å². The molecule has 0 fully saturated rings. The Bertz CT molecular complexity index is 440. The van der Waals surface area contributed by atoms with E-state index in [-0.39, 0.29) is 17.9 Å². The molecule has 1 aromatic rings. The summed E-state index contributed by atoms with van der Waals surface area (Å²) in [4.78, 5) is 10.2. The molecule has 0 saturated carbocycles. The third-order valence-corrected chi connectivity index (χ3v) is 2.82. The summed E-state index contributed by atoms with van der Waals surface area (Å²) in [6.45, 7) is 0. The average molecular weight is 318 g/mol. The minimum Gasteiger partial charge on any atom is -0.490 e. The first-order chi connectivity index (χ1) is 7.10. The van der Waals surface area contributed by atoms with E-state index in [4.69, 9.17) is 10.00 Å². The molecule has 0 aromatic heterocycles. The highest BCUT2D eigenvalue weighted by Crippen LogP contribution is 2.31. The fourth-order valence-corrected chi connectivity index (χ4v) is 1.74. The van der Waals surface area contributed by atoms with Crippen molar-refractivity contribution in [3.05, 3.63) is 31.4 Å². The van der Waals surface area contributed by atoms with Crippen molar-refractivity contribution in [1.82, 2.24) is 0 Å². The van der Waals surface area contributed by atoms with Crippen LogP contribution in [0.25, 0.3) is 0 Å². The second kappa shape index (κ2) is 4.93. The number of rotatable bonds is 3. The summed E-state index contributed by atoms with van der Waals surface area (Å²) in [6.07, 6.45) is 0.156.